The molecule has 0 aliphatic carbocycles. The molecule has 1 N–H and O–H groups in total. The van der Waals surface area contributed by atoms with Crippen molar-refractivity contribution in [3.8, 4) is 17.1 Å². The second-order valence-electron chi connectivity index (χ2n) is 8.63. The van der Waals surface area contributed by atoms with Crippen LogP contribution in [0, 0.1) is 0 Å². The van der Waals surface area contributed by atoms with Gasteiger partial charge in [-0.1, -0.05) is 18.2 Å². The van der Waals surface area contributed by atoms with E-state index >= 15 is 0 Å². The molecule has 0 saturated carbocycles. The highest BCUT2D eigenvalue weighted by Gasteiger charge is 2.34. The van der Waals surface area contributed by atoms with Crippen molar-refractivity contribution in [3.63, 3.8) is 0 Å². The number of benzene rings is 1. The van der Waals surface area contributed by atoms with Gasteiger partial charge in [-0.2, -0.15) is 22.8 Å². The van der Waals surface area contributed by atoms with E-state index in [-0.39, 0.29) is 41.4 Å². The molecule has 3 aromatic heterocycles. The normalized spacial score (nSPS) is 17.2. The molecule has 0 bridgehead atoms. The van der Waals surface area contributed by atoms with E-state index in [9.17, 15) is 18.0 Å². The summed E-state index contributed by atoms with van der Waals surface area (Å²) in [5, 5.41) is 6.90. The van der Waals surface area contributed by atoms with Crippen molar-refractivity contribution in [2.45, 2.75) is 31.9 Å². The number of anilines is 1. The molecule has 1 aliphatic rings. The summed E-state index contributed by atoms with van der Waals surface area (Å²) in [5.74, 6) is -1.08. The molecule has 1 aromatic carbocycles. The van der Waals surface area contributed by atoms with Crippen LogP contribution in [0.1, 0.15) is 29.9 Å². The second kappa shape index (κ2) is 9.41. The van der Waals surface area contributed by atoms with Crippen LogP contribution in [0.4, 0.5) is 19.0 Å². The van der Waals surface area contributed by atoms with Crippen LogP contribution >= 0.6 is 0 Å². The van der Waals surface area contributed by atoms with Crippen LogP contribution in [0.2, 0.25) is 0 Å². The SMILES string of the molecule is CC1(C)OCC(COc2cncc(C(=O)Nc3cnc4ccc(-c5ccccc5C(F)(F)F)nn34)n2)O1. The Balaban J connectivity index is 1.34. The Morgan fingerprint density at radius 2 is 2.00 bits per heavy atom. The Kier molecular flexibility index (Phi) is 6.25. The van der Waals surface area contributed by atoms with Gasteiger partial charge in [0.1, 0.15) is 12.7 Å². The molecule has 10 nitrogen and oxygen atoms in total. The summed E-state index contributed by atoms with van der Waals surface area (Å²) in [4.78, 5) is 25.2. The number of nitrogens with zero attached hydrogens (tertiary/aromatic N) is 5. The van der Waals surface area contributed by atoms with E-state index in [0.717, 1.165) is 6.07 Å². The molecule has 1 fully saturated rings. The van der Waals surface area contributed by atoms with E-state index in [1.54, 1.807) is 13.8 Å². The number of amides is 1. The van der Waals surface area contributed by atoms with Crippen LogP contribution in [0.3, 0.4) is 0 Å². The molecule has 192 valence electrons. The Morgan fingerprint density at radius 1 is 1.19 bits per heavy atom. The van der Waals surface area contributed by atoms with Crippen molar-refractivity contribution < 1.29 is 32.2 Å². The summed E-state index contributed by atoms with van der Waals surface area (Å²) >= 11 is 0. The summed E-state index contributed by atoms with van der Waals surface area (Å²) in [6, 6.07) is 8.06. The molecule has 37 heavy (non-hydrogen) atoms. The first-order valence-corrected chi connectivity index (χ1v) is 11.2. The van der Waals surface area contributed by atoms with Crippen LogP contribution in [0.25, 0.3) is 16.9 Å². The lowest BCUT2D eigenvalue weighted by Gasteiger charge is -2.17. The summed E-state index contributed by atoms with van der Waals surface area (Å²) in [7, 11) is 0. The maximum absolute atomic E-state index is 13.5. The van der Waals surface area contributed by atoms with Gasteiger partial charge < -0.3 is 19.5 Å². The van der Waals surface area contributed by atoms with Gasteiger partial charge in [-0.05, 0) is 32.0 Å². The highest BCUT2D eigenvalue weighted by molar-refractivity contribution is 6.02. The van der Waals surface area contributed by atoms with E-state index in [2.05, 4.69) is 25.4 Å². The Labute approximate surface area is 208 Å². The van der Waals surface area contributed by atoms with E-state index in [0.29, 0.717) is 12.3 Å². The van der Waals surface area contributed by atoms with Crippen LogP contribution in [-0.2, 0) is 15.7 Å². The van der Waals surface area contributed by atoms with E-state index < -0.39 is 23.4 Å². The number of nitrogens with one attached hydrogen (secondary N) is 1. The Morgan fingerprint density at radius 3 is 2.76 bits per heavy atom. The first-order valence-electron chi connectivity index (χ1n) is 11.2. The number of hydrogen-bond donors (Lipinski definition) is 1. The van der Waals surface area contributed by atoms with Crippen LogP contribution in [0.5, 0.6) is 5.88 Å². The molecule has 4 heterocycles. The molecule has 1 saturated heterocycles. The van der Waals surface area contributed by atoms with E-state index in [4.69, 9.17) is 14.2 Å². The first-order chi connectivity index (χ1) is 17.6. The van der Waals surface area contributed by atoms with E-state index in [1.807, 2.05) is 0 Å². The fourth-order valence-corrected chi connectivity index (χ4v) is 3.79. The third kappa shape index (κ3) is 5.37. The second-order valence-corrected chi connectivity index (χ2v) is 8.63. The smallest absolute Gasteiger partial charge is 0.417 e. The summed E-state index contributed by atoms with van der Waals surface area (Å²) in [6.07, 6.45) is -0.903. The third-order valence-electron chi connectivity index (χ3n) is 5.44. The van der Waals surface area contributed by atoms with Gasteiger partial charge in [0.05, 0.1) is 36.5 Å². The zero-order valence-electron chi connectivity index (χ0n) is 19.7. The topological polar surface area (TPSA) is 113 Å². The summed E-state index contributed by atoms with van der Waals surface area (Å²) in [5.41, 5.74) is -0.579. The molecular weight excluding hydrogens is 493 g/mol. The summed E-state index contributed by atoms with van der Waals surface area (Å²) < 4.78 is 58.5. The lowest BCUT2D eigenvalue weighted by molar-refractivity contribution is -0.141. The number of hydrogen-bond acceptors (Lipinski definition) is 8. The fraction of sp³-hybridized carbons (Fsp3) is 0.292. The van der Waals surface area contributed by atoms with Crippen molar-refractivity contribution in [2.75, 3.05) is 18.5 Å². The highest BCUT2D eigenvalue weighted by Crippen LogP contribution is 2.36. The molecule has 1 atom stereocenters. The number of rotatable bonds is 6. The number of carbonyl (C=O) groups is 1. The lowest BCUT2D eigenvalue weighted by Crippen LogP contribution is -2.25. The predicted molar refractivity (Wildman–Crippen MR) is 124 cm³/mol. The zero-order chi connectivity index (χ0) is 26.2. The van der Waals surface area contributed by atoms with Gasteiger partial charge in [-0.3, -0.25) is 9.78 Å². The van der Waals surface area contributed by atoms with Gasteiger partial charge in [0.25, 0.3) is 5.91 Å². The largest absolute Gasteiger partial charge is 0.474 e. The third-order valence-corrected chi connectivity index (χ3v) is 5.44. The standard InChI is InChI=1S/C24H21F3N6O4/c1-23(2)36-13-14(37-23)12-35-21-11-28-9-18(30-21)22(34)31-20-10-29-19-8-7-17(32-33(19)20)15-5-3-4-6-16(15)24(25,26)27/h3-11,14H,12-13H2,1-2H3,(H,31,34). The first kappa shape index (κ1) is 24.6. The van der Waals surface area contributed by atoms with Crippen molar-refractivity contribution in [1.29, 1.82) is 0 Å². The average Bonchev–Trinajstić information content (AvgIpc) is 3.44. The van der Waals surface area contributed by atoms with Gasteiger partial charge in [-0.25, -0.2) is 9.97 Å². The van der Waals surface area contributed by atoms with Gasteiger partial charge in [0.2, 0.25) is 5.88 Å². The minimum absolute atomic E-state index is 0.0464. The van der Waals surface area contributed by atoms with Gasteiger partial charge in [0, 0.05) is 5.56 Å². The highest BCUT2D eigenvalue weighted by atomic mass is 19.4. The number of halogens is 3. The number of ether oxygens (including phenoxy) is 3. The van der Waals surface area contributed by atoms with Gasteiger partial charge in [-0.15, -0.1) is 0 Å². The van der Waals surface area contributed by atoms with Crippen molar-refractivity contribution >= 4 is 17.4 Å². The molecular formula is C24H21F3N6O4. The minimum atomic E-state index is -4.56. The summed E-state index contributed by atoms with van der Waals surface area (Å²) in [6.45, 7) is 4.11. The minimum Gasteiger partial charge on any atom is -0.474 e. The number of fused-ring (bicyclic) bond motifs is 1. The number of imidazole rings is 1. The Hall–Kier alpha value is -4.10. The van der Waals surface area contributed by atoms with Crippen LogP contribution in [-0.4, -0.2) is 55.6 Å². The van der Waals surface area contributed by atoms with Crippen molar-refractivity contribution in [1.82, 2.24) is 24.6 Å². The van der Waals surface area contributed by atoms with Gasteiger partial charge in [0.15, 0.2) is 22.9 Å². The lowest BCUT2D eigenvalue weighted by atomic mass is 10.0. The molecule has 5 rings (SSSR count). The Bertz CT molecular complexity index is 1460. The average molecular weight is 514 g/mol. The molecule has 1 amide bonds. The zero-order valence-corrected chi connectivity index (χ0v) is 19.7. The number of carbonyl (C=O) groups excluding carboxylic acids is 1. The molecule has 1 unspecified atom stereocenters. The molecule has 1 aliphatic heterocycles. The van der Waals surface area contributed by atoms with Gasteiger partial charge >= 0.3 is 6.18 Å². The maximum atomic E-state index is 13.5. The molecule has 0 radical (unpaired) electrons. The predicted octanol–water partition coefficient (Wildman–Crippen LogP) is 3.99. The number of aromatic nitrogens is 5. The van der Waals surface area contributed by atoms with Crippen molar-refractivity contribution in [2.24, 2.45) is 0 Å². The molecule has 0 spiro atoms. The van der Waals surface area contributed by atoms with E-state index in [1.165, 1.54) is 53.4 Å². The number of alkyl halides is 3. The maximum Gasteiger partial charge on any atom is 0.417 e. The molecule has 13 heteroatoms. The van der Waals surface area contributed by atoms with Crippen LogP contribution < -0.4 is 10.1 Å². The molecule has 4 aromatic rings. The quantitative estimate of drug-likeness (QED) is 0.411. The van der Waals surface area contributed by atoms with Crippen molar-refractivity contribution in [3.05, 3.63) is 66.2 Å². The monoisotopic (exact) mass is 514 g/mol. The fourth-order valence-electron chi connectivity index (χ4n) is 3.79. The van der Waals surface area contributed by atoms with Crippen LogP contribution in [0.15, 0.2) is 55.0 Å².